The summed E-state index contributed by atoms with van der Waals surface area (Å²) in [5.41, 5.74) is 4.68. The average Bonchev–Trinajstić information content (AvgIpc) is 3.41. The number of hydrogen-bond acceptors (Lipinski definition) is 5. The van der Waals surface area contributed by atoms with Gasteiger partial charge in [0.1, 0.15) is 0 Å². The van der Waals surface area contributed by atoms with Crippen molar-refractivity contribution >= 4 is 16.9 Å². The third-order valence-corrected chi connectivity index (χ3v) is 5.76. The fourth-order valence-corrected chi connectivity index (χ4v) is 4.19. The van der Waals surface area contributed by atoms with Crippen LogP contribution in [0, 0.1) is 13.8 Å². The van der Waals surface area contributed by atoms with Crippen LogP contribution in [0.15, 0.2) is 30.3 Å². The molecule has 7 heteroatoms. The summed E-state index contributed by atoms with van der Waals surface area (Å²) in [4.78, 5) is 17.3. The predicted molar refractivity (Wildman–Crippen MR) is 120 cm³/mol. The maximum absolute atomic E-state index is 12.4. The lowest BCUT2D eigenvalue weighted by Gasteiger charge is -2.15. The molecule has 1 aromatic carbocycles. The highest BCUT2D eigenvalue weighted by atomic mass is 16.5. The minimum atomic E-state index is 0.0224. The highest BCUT2D eigenvalue weighted by Gasteiger charge is 2.21. The number of ether oxygens (including phenoxy) is 2. The second kappa shape index (κ2) is 9.47. The van der Waals surface area contributed by atoms with Gasteiger partial charge in [0.2, 0.25) is 11.8 Å². The number of fused-ring (bicyclic) bond motifs is 1. The Kier molecular flexibility index (Phi) is 6.51. The lowest BCUT2D eigenvalue weighted by Crippen LogP contribution is -2.31. The molecule has 1 unspecified atom stereocenters. The summed E-state index contributed by atoms with van der Waals surface area (Å²) < 4.78 is 13.3. The zero-order chi connectivity index (χ0) is 21.8. The molecule has 4 rings (SSSR count). The molecule has 31 heavy (non-hydrogen) atoms. The highest BCUT2D eigenvalue weighted by Crippen LogP contribution is 2.32. The van der Waals surface area contributed by atoms with E-state index in [-0.39, 0.29) is 12.0 Å². The monoisotopic (exact) mass is 422 g/mol. The number of pyridine rings is 1. The fraction of sp³-hybridized carbons (Fsp3) is 0.458. The Morgan fingerprint density at radius 2 is 2.10 bits per heavy atom. The van der Waals surface area contributed by atoms with Crippen LogP contribution < -0.4 is 10.1 Å². The number of carbonyl (C=O) groups excluding carboxylic acids is 1. The molecule has 1 aliphatic rings. The third-order valence-electron chi connectivity index (χ3n) is 5.76. The van der Waals surface area contributed by atoms with Crippen LogP contribution in [0.1, 0.15) is 43.0 Å². The molecule has 1 atom stereocenters. The number of hydrogen-bond donors (Lipinski definition) is 1. The van der Waals surface area contributed by atoms with Crippen LogP contribution in [0.4, 0.5) is 0 Å². The molecule has 0 aliphatic carbocycles. The molecule has 2 aromatic heterocycles. The van der Waals surface area contributed by atoms with Crippen molar-refractivity contribution in [3.05, 3.63) is 47.2 Å². The van der Waals surface area contributed by atoms with Gasteiger partial charge in [-0.3, -0.25) is 4.79 Å². The molecule has 0 spiro atoms. The van der Waals surface area contributed by atoms with Gasteiger partial charge in [-0.15, -0.1) is 0 Å². The Labute approximate surface area is 182 Å². The molecule has 164 valence electrons. The van der Waals surface area contributed by atoms with Gasteiger partial charge < -0.3 is 14.8 Å². The van der Waals surface area contributed by atoms with E-state index in [4.69, 9.17) is 19.6 Å². The third kappa shape index (κ3) is 4.56. The van der Waals surface area contributed by atoms with E-state index < -0.39 is 0 Å². The molecule has 1 aliphatic heterocycles. The number of amides is 1. The first kappa shape index (κ1) is 21.3. The van der Waals surface area contributed by atoms with Crippen LogP contribution in [-0.4, -0.2) is 46.5 Å². The van der Waals surface area contributed by atoms with Gasteiger partial charge in [-0.25, -0.2) is 4.68 Å². The Morgan fingerprint density at radius 1 is 1.29 bits per heavy atom. The SMILES string of the molecule is CCOc1nc2c(c(C)nn2-c2ccccc2)c(C)c1CCC(=O)NCC1CCCO1. The smallest absolute Gasteiger partial charge is 0.220 e. The number of aryl methyl sites for hydroxylation is 2. The maximum Gasteiger partial charge on any atom is 0.220 e. The van der Waals surface area contributed by atoms with Crippen LogP contribution in [-0.2, 0) is 16.0 Å². The Bertz CT molecular complexity index is 1060. The molecule has 0 bridgehead atoms. The molecule has 0 radical (unpaired) electrons. The number of benzene rings is 1. The zero-order valence-electron chi connectivity index (χ0n) is 18.5. The van der Waals surface area contributed by atoms with Gasteiger partial charge in [-0.2, -0.15) is 10.1 Å². The minimum absolute atomic E-state index is 0.0224. The standard InChI is InChI=1S/C24H30N4O3/c1-4-30-24-20(12-13-21(29)25-15-19-11-8-14-31-19)16(2)22-17(3)27-28(23(22)26-24)18-9-6-5-7-10-18/h5-7,9-10,19H,4,8,11-15H2,1-3H3,(H,25,29). The first-order valence-electron chi connectivity index (χ1n) is 11.0. The molecule has 1 N–H and O–H groups in total. The summed E-state index contributed by atoms with van der Waals surface area (Å²) >= 11 is 0. The Morgan fingerprint density at radius 3 is 2.81 bits per heavy atom. The largest absolute Gasteiger partial charge is 0.478 e. The van der Waals surface area contributed by atoms with E-state index >= 15 is 0 Å². The summed E-state index contributed by atoms with van der Waals surface area (Å²) in [7, 11) is 0. The summed E-state index contributed by atoms with van der Waals surface area (Å²) in [6.45, 7) is 7.88. The van der Waals surface area contributed by atoms with Crippen LogP contribution >= 0.6 is 0 Å². The average molecular weight is 423 g/mol. The molecule has 1 fully saturated rings. The van der Waals surface area contributed by atoms with Crippen molar-refractivity contribution < 1.29 is 14.3 Å². The van der Waals surface area contributed by atoms with Crippen molar-refractivity contribution in [2.24, 2.45) is 0 Å². The Balaban J connectivity index is 1.60. The van der Waals surface area contributed by atoms with Crippen molar-refractivity contribution in [2.75, 3.05) is 19.8 Å². The van der Waals surface area contributed by atoms with Gasteiger partial charge >= 0.3 is 0 Å². The predicted octanol–water partition coefficient (Wildman–Crippen LogP) is 3.66. The van der Waals surface area contributed by atoms with E-state index in [9.17, 15) is 4.79 Å². The van der Waals surface area contributed by atoms with Crippen LogP contribution in [0.5, 0.6) is 5.88 Å². The second-order valence-electron chi connectivity index (χ2n) is 7.92. The lowest BCUT2D eigenvalue weighted by atomic mass is 10.0. The van der Waals surface area contributed by atoms with Crippen molar-refractivity contribution in [3.8, 4) is 11.6 Å². The quantitative estimate of drug-likeness (QED) is 0.599. The van der Waals surface area contributed by atoms with E-state index in [1.54, 1.807) is 0 Å². The van der Waals surface area contributed by atoms with Crippen molar-refractivity contribution in [2.45, 2.75) is 52.6 Å². The number of nitrogens with one attached hydrogen (secondary N) is 1. The number of nitrogens with zero attached hydrogens (tertiary/aromatic N) is 3. The van der Waals surface area contributed by atoms with Gasteiger partial charge in [0.05, 0.1) is 24.1 Å². The van der Waals surface area contributed by atoms with Crippen LogP contribution in [0.2, 0.25) is 0 Å². The van der Waals surface area contributed by atoms with E-state index in [0.717, 1.165) is 53.0 Å². The van der Waals surface area contributed by atoms with Crippen molar-refractivity contribution in [3.63, 3.8) is 0 Å². The first-order valence-corrected chi connectivity index (χ1v) is 11.0. The van der Waals surface area contributed by atoms with Crippen LogP contribution in [0.25, 0.3) is 16.7 Å². The normalized spacial score (nSPS) is 16.0. The fourth-order valence-electron chi connectivity index (χ4n) is 4.19. The van der Waals surface area contributed by atoms with E-state index in [1.807, 2.05) is 48.9 Å². The van der Waals surface area contributed by atoms with E-state index in [2.05, 4.69) is 12.2 Å². The van der Waals surface area contributed by atoms with E-state index in [0.29, 0.717) is 31.9 Å². The topological polar surface area (TPSA) is 78.3 Å². The van der Waals surface area contributed by atoms with Gasteiger partial charge in [0, 0.05) is 30.5 Å². The zero-order valence-corrected chi connectivity index (χ0v) is 18.5. The second-order valence-corrected chi connectivity index (χ2v) is 7.92. The number of rotatable bonds is 8. The molecule has 3 heterocycles. The summed E-state index contributed by atoms with van der Waals surface area (Å²) in [5, 5.41) is 8.75. The molecule has 7 nitrogen and oxygen atoms in total. The van der Waals surface area contributed by atoms with Crippen molar-refractivity contribution in [1.82, 2.24) is 20.1 Å². The molecule has 0 saturated carbocycles. The Hall–Kier alpha value is -2.93. The molecule has 1 amide bonds. The first-order chi connectivity index (χ1) is 15.1. The van der Waals surface area contributed by atoms with Gasteiger partial charge in [0.15, 0.2) is 5.65 Å². The van der Waals surface area contributed by atoms with Gasteiger partial charge in [-0.1, -0.05) is 18.2 Å². The highest BCUT2D eigenvalue weighted by molar-refractivity contribution is 5.86. The molecular weight excluding hydrogens is 392 g/mol. The van der Waals surface area contributed by atoms with E-state index in [1.165, 1.54) is 0 Å². The summed E-state index contributed by atoms with van der Waals surface area (Å²) in [5.74, 6) is 0.602. The number of para-hydroxylation sites is 1. The molecule has 1 saturated heterocycles. The minimum Gasteiger partial charge on any atom is -0.478 e. The van der Waals surface area contributed by atoms with Crippen LogP contribution in [0.3, 0.4) is 0 Å². The molecule has 3 aromatic rings. The van der Waals surface area contributed by atoms with Crippen molar-refractivity contribution in [1.29, 1.82) is 0 Å². The number of aromatic nitrogens is 3. The lowest BCUT2D eigenvalue weighted by molar-refractivity contribution is -0.121. The number of carbonyl (C=O) groups is 1. The molecular formula is C24H30N4O3. The summed E-state index contributed by atoms with van der Waals surface area (Å²) in [6, 6.07) is 9.97. The maximum atomic E-state index is 12.4. The van der Waals surface area contributed by atoms with Gasteiger partial charge in [0.25, 0.3) is 0 Å². The summed E-state index contributed by atoms with van der Waals surface area (Å²) in [6.07, 6.45) is 3.18. The van der Waals surface area contributed by atoms with Gasteiger partial charge in [-0.05, 0) is 57.7 Å².